The fourth-order valence-electron chi connectivity index (χ4n) is 3.64. The quantitative estimate of drug-likeness (QED) is 0.586. The lowest BCUT2D eigenvalue weighted by Crippen LogP contribution is -2.30. The first-order valence-corrected chi connectivity index (χ1v) is 9.71. The van der Waals surface area contributed by atoms with Crippen molar-refractivity contribution in [2.24, 2.45) is 0 Å². The van der Waals surface area contributed by atoms with Gasteiger partial charge in [0.05, 0.1) is 12.6 Å². The van der Waals surface area contributed by atoms with E-state index < -0.39 is 0 Å². The number of H-pyrrole nitrogens is 1. The second-order valence-corrected chi connectivity index (χ2v) is 7.74. The molecular weight excluding hydrogens is 400 g/mol. The van der Waals surface area contributed by atoms with Crippen molar-refractivity contribution in [3.8, 4) is 5.75 Å². The summed E-state index contributed by atoms with van der Waals surface area (Å²) in [6, 6.07) is 10.5. The van der Waals surface area contributed by atoms with Crippen molar-refractivity contribution in [3.05, 3.63) is 62.2 Å². The van der Waals surface area contributed by atoms with Crippen LogP contribution < -0.4 is 10.1 Å². The maximum atomic E-state index is 6.43. The minimum atomic E-state index is 0.0505. The van der Waals surface area contributed by atoms with Gasteiger partial charge in [0.15, 0.2) is 0 Å². The Kier molecular flexibility index (Phi) is 4.52. The average molecular weight is 420 g/mol. The summed E-state index contributed by atoms with van der Waals surface area (Å²) < 4.78 is 7.02. The third-order valence-corrected chi connectivity index (χ3v) is 5.72. The molecule has 1 aliphatic heterocycles. The third kappa shape index (κ3) is 2.97. The molecule has 0 radical (unpaired) electrons. The van der Waals surface area contributed by atoms with Crippen LogP contribution in [0, 0.1) is 6.92 Å². The molecule has 0 saturated heterocycles. The van der Waals surface area contributed by atoms with E-state index in [1.807, 2.05) is 26.0 Å². The van der Waals surface area contributed by atoms with Gasteiger partial charge in [0.25, 0.3) is 0 Å². The molecular formula is C20H20BrClN2O. The van der Waals surface area contributed by atoms with Crippen LogP contribution in [0.2, 0.25) is 5.02 Å². The lowest BCUT2D eigenvalue weighted by molar-refractivity contribution is 0.332. The highest BCUT2D eigenvalue weighted by molar-refractivity contribution is 9.10. The highest BCUT2D eigenvalue weighted by Gasteiger charge is 2.28. The van der Waals surface area contributed by atoms with Gasteiger partial charge in [0.1, 0.15) is 5.75 Å². The highest BCUT2D eigenvalue weighted by atomic mass is 79.9. The van der Waals surface area contributed by atoms with Crippen molar-refractivity contribution < 1.29 is 4.74 Å². The summed E-state index contributed by atoms with van der Waals surface area (Å²) in [5.41, 5.74) is 5.87. The molecule has 5 heteroatoms. The Bertz CT molecular complexity index is 951. The second-order valence-electron chi connectivity index (χ2n) is 6.42. The van der Waals surface area contributed by atoms with E-state index in [-0.39, 0.29) is 6.04 Å². The van der Waals surface area contributed by atoms with Crippen LogP contribution in [-0.2, 0) is 6.42 Å². The molecule has 0 saturated carbocycles. The van der Waals surface area contributed by atoms with Gasteiger partial charge in [0.2, 0.25) is 0 Å². The SMILES string of the molecule is CCOc1cc(C)c(Cl)cc1C1NCCc2c1[nH]c1ccc(Br)cc21. The molecule has 1 aliphatic rings. The summed E-state index contributed by atoms with van der Waals surface area (Å²) in [6.45, 7) is 5.57. The van der Waals surface area contributed by atoms with E-state index in [0.717, 1.165) is 44.9 Å². The first-order valence-electron chi connectivity index (χ1n) is 8.54. The fraction of sp³-hybridized carbons (Fsp3) is 0.300. The number of hydrogen-bond acceptors (Lipinski definition) is 2. The van der Waals surface area contributed by atoms with Gasteiger partial charge in [-0.2, -0.15) is 0 Å². The molecule has 4 rings (SSSR count). The fourth-order valence-corrected chi connectivity index (χ4v) is 4.18. The number of fused-ring (bicyclic) bond motifs is 3. The van der Waals surface area contributed by atoms with E-state index in [2.05, 4.69) is 44.4 Å². The predicted molar refractivity (Wildman–Crippen MR) is 107 cm³/mol. The largest absolute Gasteiger partial charge is 0.494 e. The molecule has 130 valence electrons. The number of halogens is 2. The zero-order valence-electron chi connectivity index (χ0n) is 14.2. The normalized spacial score (nSPS) is 16.9. The molecule has 1 aromatic heterocycles. The average Bonchev–Trinajstić information content (AvgIpc) is 2.96. The van der Waals surface area contributed by atoms with E-state index >= 15 is 0 Å². The van der Waals surface area contributed by atoms with Crippen molar-refractivity contribution >= 4 is 38.4 Å². The van der Waals surface area contributed by atoms with Crippen molar-refractivity contribution in [2.75, 3.05) is 13.2 Å². The van der Waals surface area contributed by atoms with Gasteiger partial charge >= 0.3 is 0 Å². The van der Waals surface area contributed by atoms with Crippen LogP contribution in [0.5, 0.6) is 5.75 Å². The van der Waals surface area contributed by atoms with Crippen molar-refractivity contribution in [1.82, 2.24) is 10.3 Å². The Hall–Kier alpha value is -1.49. The highest BCUT2D eigenvalue weighted by Crippen LogP contribution is 2.39. The van der Waals surface area contributed by atoms with Crippen LogP contribution in [0.3, 0.4) is 0 Å². The number of aryl methyl sites for hydroxylation is 1. The van der Waals surface area contributed by atoms with Crippen molar-refractivity contribution in [1.29, 1.82) is 0 Å². The number of aromatic amines is 1. The minimum absolute atomic E-state index is 0.0505. The standard InChI is InChI=1S/C20H20BrClN2O/c1-3-25-18-8-11(2)16(22)10-15(18)19-20-13(6-7-23-19)14-9-12(21)4-5-17(14)24-20/h4-5,8-10,19,23-24H,3,6-7H2,1-2H3. The summed E-state index contributed by atoms with van der Waals surface area (Å²) >= 11 is 10.0. The first kappa shape index (κ1) is 17.0. The Morgan fingerprint density at radius 3 is 2.92 bits per heavy atom. The Labute approximate surface area is 160 Å². The maximum Gasteiger partial charge on any atom is 0.124 e. The molecule has 0 amide bonds. The number of nitrogens with one attached hydrogen (secondary N) is 2. The summed E-state index contributed by atoms with van der Waals surface area (Å²) in [5, 5.41) is 5.69. The number of benzene rings is 2. The molecule has 0 fully saturated rings. The summed E-state index contributed by atoms with van der Waals surface area (Å²) in [5.74, 6) is 0.898. The minimum Gasteiger partial charge on any atom is -0.494 e. The van der Waals surface area contributed by atoms with E-state index in [1.165, 1.54) is 16.6 Å². The van der Waals surface area contributed by atoms with Gasteiger partial charge in [-0.25, -0.2) is 0 Å². The maximum absolute atomic E-state index is 6.43. The molecule has 3 nitrogen and oxygen atoms in total. The lowest BCUT2D eigenvalue weighted by atomic mass is 9.93. The molecule has 2 heterocycles. The molecule has 3 aromatic rings. The van der Waals surface area contributed by atoms with Crippen LogP contribution in [0.1, 0.15) is 35.3 Å². The van der Waals surface area contributed by atoms with Crippen LogP contribution in [0.25, 0.3) is 10.9 Å². The van der Waals surface area contributed by atoms with Gasteiger partial charge in [-0.15, -0.1) is 0 Å². The van der Waals surface area contributed by atoms with E-state index in [0.29, 0.717) is 6.61 Å². The van der Waals surface area contributed by atoms with Gasteiger partial charge in [-0.05, 0) is 61.7 Å². The summed E-state index contributed by atoms with van der Waals surface area (Å²) in [6.07, 6.45) is 1.01. The molecule has 1 atom stereocenters. The Morgan fingerprint density at radius 2 is 2.12 bits per heavy atom. The van der Waals surface area contributed by atoms with Gasteiger partial charge < -0.3 is 15.0 Å². The van der Waals surface area contributed by atoms with Crippen molar-refractivity contribution in [2.45, 2.75) is 26.3 Å². The molecule has 2 N–H and O–H groups in total. The van der Waals surface area contributed by atoms with Crippen LogP contribution >= 0.6 is 27.5 Å². The lowest BCUT2D eigenvalue weighted by Gasteiger charge is -2.27. The summed E-state index contributed by atoms with van der Waals surface area (Å²) in [7, 11) is 0. The third-order valence-electron chi connectivity index (χ3n) is 4.82. The Balaban J connectivity index is 1.89. The van der Waals surface area contributed by atoms with Crippen LogP contribution in [0.15, 0.2) is 34.8 Å². The molecule has 2 aromatic carbocycles. The van der Waals surface area contributed by atoms with Gasteiger partial charge in [-0.1, -0.05) is 27.5 Å². The van der Waals surface area contributed by atoms with Gasteiger partial charge in [-0.3, -0.25) is 0 Å². The molecule has 25 heavy (non-hydrogen) atoms. The van der Waals surface area contributed by atoms with E-state index in [1.54, 1.807) is 0 Å². The Morgan fingerprint density at radius 1 is 1.28 bits per heavy atom. The molecule has 1 unspecified atom stereocenters. The number of hydrogen-bond donors (Lipinski definition) is 2. The predicted octanol–water partition coefficient (Wildman–Crippen LogP) is 5.53. The monoisotopic (exact) mass is 418 g/mol. The topological polar surface area (TPSA) is 37.0 Å². The van der Waals surface area contributed by atoms with Gasteiger partial charge in [0, 0.05) is 38.2 Å². The molecule has 0 bridgehead atoms. The van der Waals surface area contributed by atoms with Crippen LogP contribution in [-0.4, -0.2) is 18.1 Å². The smallest absolute Gasteiger partial charge is 0.124 e. The molecule has 0 aliphatic carbocycles. The number of ether oxygens (including phenoxy) is 1. The number of rotatable bonds is 3. The zero-order chi connectivity index (χ0) is 17.6. The second kappa shape index (κ2) is 6.67. The van der Waals surface area contributed by atoms with Crippen molar-refractivity contribution in [3.63, 3.8) is 0 Å². The molecule has 0 spiro atoms. The van der Waals surface area contributed by atoms with Crippen LogP contribution in [0.4, 0.5) is 0 Å². The summed E-state index contributed by atoms with van der Waals surface area (Å²) in [4.78, 5) is 3.61. The van der Waals surface area contributed by atoms with E-state index in [9.17, 15) is 0 Å². The first-order chi connectivity index (χ1) is 12.1. The van der Waals surface area contributed by atoms with E-state index in [4.69, 9.17) is 16.3 Å². The zero-order valence-corrected chi connectivity index (χ0v) is 16.6. The number of aromatic nitrogens is 1.